The lowest BCUT2D eigenvalue weighted by atomic mass is 10.0. The molecule has 0 saturated carbocycles. The third-order valence-corrected chi connectivity index (χ3v) is 8.69. The lowest BCUT2D eigenvalue weighted by Crippen LogP contribution is -2.35. The van der Waals surface area contributed by atoms with Gasteiger partial charge in [-0.05, 0) is 30.2 Å². The van der Waals surface area contributed by atoms with Crippen LogP contribution in [0.3, 0.4) is 0 Å². The maximum absolute atomic E-state index is 14.7. The Labute approximate surface area is 166 Å². The second kappa shape index (κ2) is 8.58. The zero-order chi connectivity index (χ0) is 20.1. The van der Waals surface area contributed by atoms with Gasteiger partial charge in [-0.25, -0.2) is 0 Å². The number of ketones is 1. The van der Waals surface area contributed by atoms with Crippen LogP contribution in [0.5, 0.6) is 5.75 Å². The van der Waals surface area contributed by atoms with Crippen LogP contribution in [0.4, 0.5) is 0 Å². The van der Waals surface area contributed by atoms with Crippen LogP contribution >= 0.6 is 7.14 Å². The minimum absolute atomic E-state index is 0.0964. The van der Waals surface area contributed by atoms with E-state index >= 15 is 0 Å². The van der Waals surface area contributed by atoms with E-state index in [4.69, 9.17) is 4.74 Å². The normalized spacial score (nSPS) is 12.6. The van der Waals surface area contributed by atoms with Crippen molar-refractivity contribution in [2.24, 2.45) is 5.92 Å². The average Bonchev–Trinajstić information content (AvgIpc) is 2.74. The molecular formula is C24H25O3P. The largest absolute Gasteiger partial charge is 0.497 e. The summed E-state index contributed by atoms with van der Waals surface area (Å²) in [6.45, 7) is 3.93. The molecule has 3 rings (SSSR count). The van der Waals surface area contributed by atoms with Crippen LogP contribution in [0.15, 0.2) is 84.9 Å². The molecule has 0 aromatic heterocycles. The zero-order valence-electron chi connectivity index (χ0n) is 16.4. The predicted molar refractivity (Wildman–Crippen MR) is 116 cm³/mol. The molecule has 0 aliphatic heterocycles. The highest BCUT2D eigenvalue weighted by Gasteiger charge is 2.43. The third kappa shape index (κ3) is 3.81. The van der Waals surface area contributed by atoms with Crippen molar-refractivity contribution >= 4 is 23.5 Å². The van der Waals surface area contributed by atoms with Crippen LogP contribution in [0.1, 0.15) is 24.2 Å². The Morgan fingerprint density at radius 2 is 1.25 bits per heavy atom. The van der Waals surface area contributed by atoms with E-state index in [1.165, 1.54) is 0 Å². The Kier molecular flexibility index (Phi) is 6.16. The summed E-state index contributed by atoms with van der Waals surface area (Å²) >= 11 is 0. The number of ether oxygens (including phenoxy) is 1. The number of carbonyl (C=O) groups excluding carboxylic acids is 1. The van der Waals surface area contributed by atoms with Gasteiger partial charge in [-0.3, -0.25) is 4.79 Å². The Hall–Kier alpha value is -2.64. The van der Waals surface area contributed by atoms with Crippen LogP contribution in [0, 0.1) is 5.92 Å². The van der Waals surface area contributed by atoms with Crippen molar-refractivity contribution in [2.75, 3.05) is 7.11 Å². The molecule has 0 heterocycles. The van der Waals surface area contributed by atoms with Gasteiger partial charge in [-0.2, -0.15) is 0 Å². The highest BCUT2D eigenvalue weighted by atomic mass is 31.2. The molecule has 0 aliphatic rings. The number of benzene rings is 3. The van der Waals surface area contributed by atoms with Crippen molar-refractivity contribution in [3.05, 3.63) is 90.5 Å². The third-order valence-electron chi connectivity index (χ3n) is 4.95. The van der Waals surface area contributed by atoms with Gasteiger partial charge in [0.2, 0.25) is 0 Å². The van der Waals surface area contributed by atoms with Crippen molar-refractivity contribution < 1.29 is 14.1 Å². The Morgan fingerprint density at radius 3 is 1.64 bits per heavy atom. The molecule has 1 unspecified atom stereocenters. The fraction of sp³-hybridized carbons (Fsp3) is 0.208. The lowest BCUT2D eigenvalue weighted by molar-refractivity contribution is 0.0972. The summed E-state index contributed by atoms with van der Waals surface area (Å²) < 4.78 is 19.8. The van der Waals surface area contributed by atoms with Crippen molar-refractivity contribution in [3.8, 4) is 5.75 Å². The maximum atomic E-state index is 14.7. The molecule has 0 fully saturated rings. The summed E-state index contributed by atoms with van der Waals surface area (Å²) in [4.78, 5) is 13.6. The van der Waals surface area contributed by atoms with E-state index in [-0.39, 0.29) is 11.7 Å². The molecule has 0 N–H and O–H groups in total. The van der Waals surface area contributed by atoms with Crippen molar-refractivity contribution in [3.63, 3.8) is 0 Å². The smallest absolute Gasteiger partial charge is 0.174 e. The summed E-state index contributed by atoms with van der Waals surface area (Å²) in [5.41, 5.74) is -0.0997. The van der Waals surface area contributed by atoms with Gasteiger partial charge in [0.1, 0.15) is 5.75 Å². The summed E-state index contributed by atoms with van der Waals surface area (Å²) in [5, 5.41) is 1.42. The van der Waals surface area contributed by atoms with Gasteiger partial charge in [-0.1, -0.05) is 74.5 Å². The van der Waals surface area contributed by atoms with E-state index in [2.05, 4.69) is 0 Å². The second-order valence-corrected chi connectivity index (χ2v) is 10.0. The minimum Gasteiger partial charge on any atom is -0.497 e. The van der Waals surface area contributed by atoms with Crippen molar-refractivity contribution in [2.45, 2.75) is 19.5 Å². The number of rotatable bonds is 7. The first kappa shape index (κ1) is 20.1. The first-order chi connectivity index (χ1) is 13.5. The quantitative estimate of drug-likeness (QED) is 0.424. The summed E-state index contributed by atoms with van der Waals surface area (Å²) in [6, 6.07) is 25.8. The van der Waals surface area contributed by atoms with Crippen LogP contribution in [-0.2, 0) is 4.57 Å². The molecule has 0 spiro atoms. The van der Waals surface area contributed by atoms with Crippen LogP contribution in [0.25, 0.3) is 0 Å². The monoisotopic (exact) mass is 392 g/mol. The molecule has 0 bridgehead atoms. The number of Topliss-reactive ketones (excluding diaryl/α,β-unsaturated/α-hetero) is 1. The zero-order valence-corrected chi connectivity index (χ0v) is 17.3. The second-order valence-electron chi connectivity index (χ2n) is 7.11. The van der Waals surface area contributed by atoms with E-state index in [0.29, 0.717) is 21.9 Å². The molecule has 4 heteroatoms. The van der Waals surface area contributed by atoms with E-state index in [0.717, 1.165) is 0 Å². The Morgan fingerprint density at radius 1 is 0.786 bits per heavy atom. The van der Waals surface area contributed by atoms with Crippen LogP contribution in [0.2, 0.25) is 0 Å². The predicted octanol–water partition coefficient (Wildman–Crippen LogP) is 4.92. The maximum Gasteiger partial charge on any atom is 0.174 e. The Bertz CT molecular complexity index is 920. The summed E-state index contributed by atoms with van der Waals surface area (Å²) in [7, 11) is -1.62. The standard InChI is InChI=1S/C24H25O3P/c1-18(2)24(23(25)19-14-16-20(27-3)17-15-19)28(26,21-10-6-4-7-11-21)22-12-8-5-9-13-22/h4-18,24H,1-3H3. The van der Waals surface area contributed by atoms with Gasteiger partial charge in [-0.15, -0.1) is 0 Å². The van der Waals surface area contributed by atoms with Gasteiger partial charge in [0, 0.05) is 16.2 Å². The molecule has 144 valence electrons. The van der Waals surface area contributed by atoms with Gasteiger partial charge in [0.15, 0.2) is 12.9 Å². The summed E-state index contributed by atoms with van der Waals surface area (Å²) in [5.74, 6) is 0.487. The number of carbonyl (C=O) groups is 1. The summed E-state index contributed by atoms with van der Waals surface area (Å²) in [6.07, 6.45) is 0. The van der Waals surface area contributed by atoms with E-state index in [1.807, 2.05) is 74.5 Å². The van der Waals surface area contributed by atoms with Gasteiger partial charge < -0.3 is 9.30 Å². The fourth-order valence-corrected chi connectivity index (χ4v) is 7.07. The molecule has 3 nitrogen and oxygen atoms in total. The van der Waals surface area contributed by atoms with E-state index in [9.17, 15) is 9.36 Å². The van der Waals surface area contributed by atoms with Crippen LogP contribution < -0.4 is 15.3 Å². The molecule has 0 radical (unpaired) electrons. The SMILES string of the molecule is COc1ccc(C(=O)C(C(C)C)P(=O)(c2ccccc2)c2ccccc2)cc1. The van der Waals surface area contributed by atoms with Crippen LogP contribution in [-0.4, -0.2) is 18.6 Å². The molecule has 0 saturated heterocycles. The number of methoxy groups -OCH3 is 1. The van der Waals surface area contributed by atoms with E-state index < -0.39 is 12.8 Å². The fourth-order valence-electron chi connectivity index (χ4n) is 3.58. The highest BCUT2D eigenvalue weighted by Crippen LogP contribution is 2.52. The number of hydrogen-bond acceptors (Lipinski definition) is 3. The molecular weight excluding hydrogens is 367 g/mol. The lowest BCUT2D eigenvalue weighted by Gasteiger charge is -2.30. The molecule has 0 aliphatic carbocycles. The van der Waals surface area contributed by atoms with Gasteiger partial charge >= 0.3 is 0 Å². The topological polar surface area (TPSA) is 43.4 Å². The van der Waals surface area contributed by atoms with Gasteiger partial charge in [0.25, 0.3) is 0 Å². The minimum atomic E-state index is -3.21. The van der Waals surface area contributed by atoms with Crippen molar-refractivity contribution in [1.82, 2.24) is 0 Å². The first-order valence-electron chi connectivity index (χ1n) is 9.37. The first-order valence-corrected chi connectivity index (χ1v) is 11.1. The molecule has 3 aromatic carbocycles. The molecule has 0 amide bonds. The number of hydrogen-bond donors (Lipinski definition) is 0. The molecule has 1 atom stereocenters. The Balaban J connectivity index is 2.17. The van der Waals surface area contributed by atoms with Crippen molar-refractivity contribution in [1.29, 1.82) is 0 Å². The highest BCUT2D eigenvalue weighted by molar-refractivity contribution is 7.80. The van der Waals surface area contributed by atoms with Gasteiger partial charge in [0.05, 0.1) is 12.8 Å². The molecule has 28 heavy (non-hydrogen) atoms. The molecule has 3 aromatic rings. The van der Waals surface area contributed by atoms with E-state index in [1.54, 1.807) is 31.4 Å². The average molecular weight is 392 g/mol.